The molecule has 0 aromatic heterocycles. The van der Waals surface area contributed by atoms with Gasteiger partial charge >= 0.3 is 5.97 Å². The van der Waals surface area contributed by atoms with E-state index in [0.717, 1.165) is 19.3 Å². The Morgan fingerprint density at radius 3 is 2.50 bits per heavy atom. The van der Waals surface area contributed by atoms with E-state index in [1.807, 2.05) is 13.8 Å². The summed E-state index contributed by atoms with van der Waals surface area (Å²) in [7, 11) is 0. The summed E-state index contributed by atoms with van der Waals surface area (Å²) in [5, 5.41) is 11.1. The van der Waals surface area contributed by atoms with Gasteiger partial charge in [0.25, 0.3) is 11.6 Å². The number of carbonyl (C=O) groups excluding carboxylic acids is 2. The highest BCUT2D eigenvalue weighted by Gasteiger charge is 2.30. The van der Waals surface area contributed by atoms with E-state index in [1.165, 1.54) is 12.1 Å². The summed E-state index contributed by atoms with van der Waals surface area (Å²) in [6.45, 7) is 5.14. The van der Waals surface area contributed by atoms with Crippen molar-refractivity contribution in [2.75, 3.05) is 6.61 Å². The van der Waals surface area contributed by atoms with Gasteiger partial charge in [0.05, 0.1) is 4.92 Å². The van der Waals surface area contributed by atoms with Crippen molar-refractivity contribution in [3.05, 3.63) is 39.4 Å². The van der Waals surface area contributed by atoms with Crippen LogP contribution in [-0.4, -0.2) is 40.4 Å². The van der Waals surface area contributed by atoms with Gasteiger partial charge in [0.15, 0.2) is 6.61 Å². The molecule has 24 heavy (non-hydrogen) atoms. The zero-order valence-corrected chi connectivity index (χ0v) is 14.2. The number of ether oxygens (including phenoxy) is 1. The summed E-state index contributed by atoms with van der Waals surface area (Å²) in [6, 6.07) is 4.56. The number of esters is 1. The van der Waals surface area contributed by atoms with Gasteiger partial charge in [0, 0.05) is 18.2 Å². The molecule has 7 heteroatoms. The third kappa shape index (κ3) is 3.72. The summed E-state index contributed by atoms with van der Waals surface area (Å²) in [4.78, 5) is 36.8. The Balaban J connectivity index is 2.08. The number of benzene rings is 1. The van der Waals surface area contributed by atoms with E-state index in [0.29, 0.717) is 5.56 Å². The first-order chi connectivity index (χ1) is 11.3. The second-order valence-corrected chi connectivity index (χ2v) is 6.23. The molecular formula is C17H22N2O5. The average Bonchev–Trinajstić information content (AvgIpc) is 2.52. The van der Waals surface area contributed by atoms with Crippen LogP contribution in [0.15, 0.2) is 18.2 Å². The summed E-state index contributed by atoms with van der Waals surface area (Å²) < 4.78 is 5.08. The Labute approximate surface area is 140 Å². The largest absolute Gasteiger partial charge is 0.452 e. The number of nitro benzene ring substituents is 1. The van der Waals surface area contributed by atoms with Crippen molar-refractivity contribution < 1.29 is 19.2 Å². The highest BCUT2D eigenvalue weighted by atomic mass is 16.6. The zero-order chi connectivity index (χ0) is 17.9. The molecule has 0 N–H and O–H groups in total. The van der Waals surface area contributed by atoms with Gasteiger partial charge in [-0.15, -0.1) is 0 Å². The molecule has 1 aliphatic rings. The number of carbonyl (C=O) groups is 2. The van der Waals surface area contributed by atoms with Crippen LogP contribution in [0.3, 0.4) is 0 Å². The monoisotopic (exact) mass is 334 g/mol. The molecule has 1 amide bonds. The smallest absolute Gasteiger partial charge is 0.345 e. The Bertz CT molecular complexity index is 648. The third-order valence-corrected chi connectivity index (χ3v) is 4.46. The highest BCUT2D eigenvalue weighted by Crippen LogP contribution is 2.24. The minimum atomic E-state index is -0.842. The molecule has 0 radical (unpaired) electrons. The molecule has 130 valence electrons. The van der Waals surface area contributed by atoms with Crippen LogP contribution < -0.4 is 0 Å². The first-order valence-corrected chi connectivity index (χ1v) is 8.05. The third-order valence-electron chi connectivity index (χ3n) is 4.46. The second kappa shape index (κ2) is 7.42. The predicted molar refractivity (Wildman–Crippen MR) is 87.7 cm³/mol. The van der Waals surface area contributed by atoms with Gasteiger partial charge in [-0.1, -0.05) is 12.1 Å². The lowest BCUT2D eigenvalue weighted by Gasteiger charge is -2.38. The van der Waals surface area contributed by atoms with Crippen molar-refractivity contribution in [3.63, 3.8) is 0 Å². The molecular weight excluding hydrogens is 312 g/mol. The minimum Gasteiger partial charge on any atom is -0.452 e. The summed E-state index contributed by atoms with van der Waals surface area (Å²) in [5.74, 6) is -1.11. The number of nitro groups is 1. The number of hydrogen-bond acceptors (Lipinski definition) is 5. The highest BCUT2D eigenvalue weighted by molar-refractivity contribution is 5.96. The number of hydrogen-bond donors (Lipinski definition) is 0. The molecule has 1 saturated heterocycles. The van der Waals surface area contributed by atoms with E-state index < -0.39 is 17.5 Å². The van der Waals surface area contributed by atoms with Crippen LogP contribution in [-0.2, 0) is 9.53 Å². The van der Waals surface area contributed by atoms with Crippen molar-refractivity contribution in [1.29, 1.82) is 0 Å². The van der Waals surface area contributed by atoms with Crippen molar-refractivity contribution in [2.45, 2.75) is 52.1 Å². The number of amides is 1. The molecule has 1 fully saturated rings. The number of likely N-dealkylation sites (tertiary alicyclic amines) is 1. The quantitative estimate of drug-likeness (QED) is 0.480. The molecule has 0 saturated carbocycles. The number of piperidine rings is 1. The van der Waals surface area contributed by atoms with Crippen LogP contribution in [0.4, 0.5) is 5.69 Å². The fourth-order valence-electron chi connectivity index (χ4n) is 3.26. The van der Waals surface area contributed by atoms with E-state index in [-0.39, 0.29) is 29.2 Å². The Morgan fingerprint density at radius 2 is 1.92 bits per heavy atom. The fourth-order valence-corrected chi connectivity index (χ4v) is 3.26. The van der Waals surface area contributed by atoms with E-state index in [9.17, 15) is 19.7 Å². The summed E-state index contributed by atoms with van der Waals surface area (Å²) in [6.07, 6.45) is 2.92. The van der Waals surface area contributed by atoms with Crippen LogP contribution in [0.25, 0.3) is 0 Å². The molecule has 2 atom stereocenters. The van der Waals surface area contributed by atoms with Crippen LogP contribution in [0, 0.1) is 17.0 Å². The van der Waals surface area contributed by atoms with Crippen LogP contribution in [0.5, 0.6) is 0 Å². The lowest BCUT2D eigenvalue weighted by molar-refractivity contribution is -0.385. The number of rotatable bonds is 4. The molecule has 7 nitrogen and oxygen atoms in total. The lowest BCUT2D eigenvalue weighted by atomic mass is 9.97. The molecule has 1 aromatic rings. The Kier molecular flexibility index (Phi) is 5.54. The fraction of sp³-hybridized carbons (Fsp3) is 0.529. The SMILES string of the molecule is Cc1cccc([N+](=O)[O-])c1C(=O)OCC(=O)N1[C@@H](C)CCC[C@@H]1C. The molecule has 2 rings (SSSR count). The van der Waals surface area contributed by atoms with E-state index in [4.69, 9.17) is 4.74 Å². The lowest BCUT2D eigenvalue weighted by Crippen LogP contribution is -2.49. The maximum atomic E-state index is 12.4. The van der Waals surface area contributed by atoms with Gasteiger partial charge in [0.2, 0.25) is 0 Å². The van der Waals surface area contributed by atoms with Gasteiger partial charge in [-0.2, -0.15) is 0 Å². The molecule has 1 heterocycles. The van der Waals surface area contributed by atoms with Gasteiger partial charge in [0.1, 0.15) is 5.56 Å². The molecule has 0 spiro atoms. The van der Waals surface area contributed by atoms with Crippen molar-refractivity contribution in [2.24, 2.45) is 0 Å². The minimum absolute atomic E-state index is 0.102. The topological polar surface area (TPSA) is 89.7 Å². The molecule has 0 bridgehead atoms. The normalized spacial score (nSPS) is 20.5. The van der Waals surface area contributed by atoms with Gasteiger partial charge in [-0.25, -0.2) is 4.79 Å². The summed E-state index contributed by atoms with van der Waals surface area (Å²) >= 11 is 0. The van der Waals surface area contributed by atoms with Crippen LogP contribution in [0.2, 0.25) is 0 Å². The van der Waals surface area contributed by atoms with Crippen molar-refractivity contribution in [3.8, 4) is 0 Å². The van der Waals surface area contributed by atoms with Crippen molar-refractivity contribution >= 4 is 17.6 Å². The summed E-state index contributed by atoms with van der Waals surface area (Å²) in [5.41, 5.74) is 0.0311. The molecule has 0 unspecified atom stereocenters. The first-order valence-electron chi connectivity index (χ1n) is 8.05. The average molecular weight is 334 g/mol. The maximum Gasteiger partial charge on any atom is 0.345 e. The van der Waals surface area contributed by atoms with E-state index in [1.54, 1.807) is 17.9 Å². The van der Waals surface area contributed by atoms with Crippen LogP contribution >= 0.6 is 0 Å². The van der Waals surface area contributed by atoms with Gasteiger partial charge in [-0.05, 0) is 45.6 Å². The van der Waals surface area contributed by atoms with E-state index in [2.05, 4.69) is 0 Å². The molecule has 1 aliphatic heterocycles. The van der Waals surface area contributed by atoms with E-state index >= 15 is 0 Å². The maximum absolute atomic E-state index is 12.4. The number of nitrogens with zero attached hydrogens (tertiary/aromatic N) is 2. The molecule has 0 aliphatic carbocycles. The van der Waals surface area contributed by atoms with Crippen LogP contribution in [0.1, 0.15) is 49.0 Å². The predicted octanol–water partition coefficient (Wildman–Crippen LogP) is 2.85. The van der Waals surface area contributed by atoms with Gasteiger partial charge in [-0.3, -0.25) is 14.9 Å². The second-order valence-electron chi connectivity index (χ2n) is 6.23. The molecule has 1 aromatic carbocycles. The number of aryl methyl sites for hydroxylation is 1. The van der Waals surface area contributed by atoms with Crippen molar-refractivity contribution in [1.82, 2.24) is 4.90 Å². The standard InChI is InChI=1S/C17H22N2O5/c1-11-6-4-9-14(19(22)23)16(11)17(21)24-10-15(20)18-12(2)7-5-8-13(18)3/h4,6,9,12-13H,5,7-8,10H2,1-3H3/t12-,13-/m0/s1. The Hall–Kier alpha value is -2.44. The first kappa shape index (κ1) is 17.9. The Morgan fingerprint density at radius 1 is 1.29 bits per heavy atom. The van der Waals surface area contributed by atoms with Gasteiger partial charge < -0.3 is 9.64 Å². The zero-order valence-electron chi connectivity index (χ0n) is 14.2.